The van der Waals surface area contributed by atoms with Crippen LogP contribution in [-0.4, -0.2) is 17.6 Å². The lowest BCUT2D eigenvalue weighted by atomic mass is 10.3. The van der Waals surface area contributed by atoms with Crippen molar-refractivity contribution in [1.82, 2.24) is 4.98 Å². The van der Waals surface area contributed by atoms with Crippen molar-refractivity contribution in [1.29, 1.82) is 0 Å². The normalized spacial score (nSPS) is 10.6. The summed E-state index contributed by atoms with van der Waals surface area (Å²) in [5.41, 5.74) is 8.74. The third kappa shape index (κ3) is 4.26. The maximum absolute atomic E-state index is 11.4. The zero-order chi connectivity index (χ0) is 12.7. The predicted molar refractivity (Wildman–Crippen MR) is 65.7 cm³/mol. The van der Waals surface area contributed by atoms with E-state index in [2.05, 4.69) is 30.9 Å². The first-order valence-electron chi connectivity index (χ1n) is 4.73. The molecular formula is C10H9BrN4O2. The second-order valence-corrected chi connectivity index (χ2v) is 3.76. The van der Waals surface area contributed by atoms with Gasteiger partial charge in [-0.05, 0) is 46.6 Å². The molecule has 0 amide bonds. The summed E-state index contributed by atoms with van der Waals surface area (Å²) in [5.74, 6) is -0.671. The van der Waals surface area contributed by atoms with Crippen molar-refractivity contribution in [3.8, 4) is 0 Å². The zero-order valence-electron chi connectivity index (χ0n) is 9.00. The summed E-state index contributed by atoms with van der Waals surface area (Å²) in [6.45, 7) is 1.88. The van der Waals surface area contributed by atoms with Gasteiger partial charge in [0.1, 0.15) is 5.70 Å². The van der Waals surface area contributed by atoms with E-state index in [-0.39, 0.29) is 12.3 Å². The van der Waals surface area contributed by atoms with E-state index in [1.165, 1.54) is 6.08 Å². The molecule has 0 aromatic carbocycles. The van der Waals surface area contributed by atoms with E-state index in [4.69, 9.17) is 10.3 Å². The fraction of sp³-hybridized carbons (Fsp3) is 0.200. The first-order chi connectivity index (χ1) is 8.17. The molecule has 0 bridgehead atoms. The van der Waals surface area contributed by atoms with Crippen molar-refractivity contribution in [2.75, 3.05) is 6.61 Å². The Labute approximate surface area is 106 Å². The van der Waals surface area contributed by atoms with Crippen LogP contribution in [0.3, 0.4) is 0 Å². The Hall–Kier alpha value is -1.85. The second-order valence-electron chi connectivity index (χ2n) is 2.84. The first kappa shape index (κ1) is 13.2. The van der Waals surface area contributed by atoms with Gasteiger partial charge in [0.15, 0.2) is 0 Å². The Balaban J connectivity index is 3.01. The molecule has 0 aliphatic heterocycles. The van der Waals surface area contributed by atoms with Crippen LogP contribution in [-0.2, 0) is 9.53 Å². The van der Waals surface area contributed by atoms with Crippen LogP contribution in [0.2, 0.25) is 0 Å². The van der Waals surface area contributed by atoms with Crippen LogP contribution in [0.1, 0.15) is 12.6 Å². The highest BCUT2D eigenvalue weighted by Gasteiger charge is 2.08. The van der Waals surface area contributed by atoms with Gasteiger partial charge in [0, 0.05) is 15.6 Å². The van der Waals surface area contributed by atoms with Gasteiger partial charge in [-0.2, -0.15) is 0 Å². The molecule has 0 fully saturated rings. The van der Waals surface area contributed by atoms with Crippen LogP contribution in [0.15, 0.2) is 33.6 Å². The molecule has 0 atom stereocenters. The highest BCUT2D eigenvalue weighted by molar-refractivity contribution is 9.10. The quantitative estimate of drug-likeness (QED) is 0.281. The lowest BCUT2D eigenvalue weighted by Gasteiger charge is -2.00. The lowest BCUT2D eigenvalue weighted by Crippen LogP contribution is -2.05. The number of halogens is 1. The molecular weight excluding hydrogens is 288 g/mol. The van der Waals surface area contributed by atoms with E-state index in [0.29, 0.717) is 5.69 Å². The molecule has 1 heterocycles. The Morgan fingerprint density at radius 1 is 1.71 bits per heavy atom. The highest BCUT2D eigenvalue weighted by Crippen LogP contribution is 2.11. The smallest absolute Gasteiger partial charge is 0.340 e. The van der Waals surface area contributed by atoms with Crippen molar-refractivity contribution in [2.45, 2.75) is 6.92 Å². The summed E-state index contributed by atoms with van der Waals surface area (Å²) in [6.07, 6.45) is 2.94. The number of carbonyl (C=O) groups excluding carboxylic acids is 1. The minimum absolute atomic E-state index is 0.121. The third-order valence-electron chi connectivity index (χ3n) is 1.67. The average Bonchev–Trinajstić information content (AvgIpc) is 2.31. The van der Waals surface area contributed by atoms with Crippen LogP contribution in [0.25, 0.3) is 16.5 Å². The molecule has 0 unspecified atom stereocenters. The Bertz CT molecular complexity index is 478. The Morgan fingerprint density at radius 2 is 2.47 bits per heavy atom. The maximum Gasteiger partial charge on any atom is 0.340 e. The second kappa shape index (κ2) is 6.67. The summed E-state index contributed by atoms with van der Waals surface area (Å²) in [4.78, 5) is 18.0. The van der Waals surface area contributed by atoms with Crippen molar-refractivity contribution in [3.05, 3.63) is 44.6 Å². The van der Waals surface area contributed by atoms with E-state index in [1.54, 1.807) is 25.3 Å². The van der Waals surface area contributed by atoms with Gasteiger partial charge in [-0.3, -0.25) is 4.98 Å². The number of pyridine rings is 1. The molecule has 1 aromatic heterocycles. The number of rotatable bonds is 4. The Morgan fingerprint density at radius 3 is 3.00 bits per heavy atom. The summed E-state index contributed by atoms with van der Waals surface area (Å²) in [7, 11) is 0. The topological polar surface area (TPSA) is 88.0 Å². The monoisotopic (exact) mass is 296 g/mol. The molecule has 1 aromatic rings. The first-order valence-corrected chi connectivity index (χ1v) is 5.52. The fourth-order valence-corrected chi connectivity index (χ4v) is 1.23. The maximum atomic E-state index is 11.4. The van der Waals surface area contributed by atoms with E-state index >= 15 is 0 Å². The molecule has 17 heavy (non-hydrogen) atoms. The molecule has 0 saturated heterocycles. The van der Waals surface area contributed by atoms with Gasteiger partial charge in [-0.25, -0.2) is 4.79 Å². The van der Waals surface area contributed by atoms with Gasteiger partial charge >= 0.3 is 5.97 Å². The number of aromatic nitrogens is 1. The van der Waals surface area contributed by atoms with E-state index in [1.807, 2.05) is 0 Å². The van der Waals surface area contributed by atoms with Gasteiger partial charge in [0.05, 0.1) is 12.3 Å². The van der Waals surface area contributed by atoms with Crippen molar-refractivity contribution in [2.24, 2.45) is 5.11 Å². The number of hydrogen-bond acceptors (Lipinski definition) is 4. The Kier molecular flexibility index (Phi) is 5.19. The summed E-state index contributed by atoms with van der Waals surface area (Å²) < 4.78 is 5.56. The van der Waals surface area contributed by atoms with Gasteiger partial charge < -0.3 is 4.74 Å². The van der Waals surface area contributed by atoms with Crippen molar-refractivity contribution >= 4 is 28.0 Å². The predicted octanol–water partition coefficient (Wildman–Crippen LogP) is 3.06. The molecule has 0 spiro atoms. The largest absolute Gasteiger partial charge is 0.462 e. The van der Waals surface area contributed by atoms with Crippen molar-refractivity contribution in [3.63, 3.8) is 0 Å². The summed E-state index contributed by atoms with van der Waals surface area (Å²) in [5, 5.41) is 3.28. The van der Waals surface area contributed by atoms with Gasteiger partial charge in [-0.1, -0.05) is 5.11 Å². The van der Waals surface area contributed by atoms with Gasteiger partial charge in [-0.15, -0.1) is 0 Å². The fourth-order valence-electron chi connectivity index (χ4n) is 0.995. The number of carbonyl (C=O) groups is 1. The number of nitrogens with zero attached hydrogens (tertiary/aromatic N) is 4. The molecule has 0 saturated carbocycles. The number of esters is 1. The summed E-state index contributed by atoms with van der Waals surface area (Å²) in [6, 6.07) is 3.44. The average molecular weight is 297 g/mol. The molecule has 1 rings (SSSR count). The molecule has 0 radical (unpaired) electrons. The summed E-state index contributed by atoms with van der Waals surface area (Å²) >= 11 is 3.24. The highest BCUT2D eigenvalue weighted by atomic mass is 79.9. The molecule has 88 valence electrons. The zero-order valence-corrected chi connectivity index (χ0v) is 10.6. The standard InChI is InChI=1S/C10H9BrN4O2/c1-2-17-10(16)9(14-15-12)5-8-4-3-7(11)6-13-8/h3-6H,2H2,1H3/b9-5-. The SMILES string of the molecule is CCOC(=O)/C(=C/c1ccc(Br)cn1)N=[N+]=[N-]. The third-order valence-corrected chi connectivity index (χ3v) is 2.14. The number of ether oxygens (including phenoxy) is 1. The number of hydrogen-bond donors (Lipinski definition) is 0. The van der Waals surface area contributed by atoms with Gasteiger partial charge in [0.2, 0.25) is 0 Å². The van der Waals surface area contributed by atoms with Crippen LogP contribution in [0, 0.1) is 0 Å². The van der Waals surface area contributed by atoms with E-state index < -0.39 is 5.97 Å². The van der Waals surface area contributed by atoms with Gasteiger partial charge in [0.25, 0.3) is 0 Å². The van der Waals surface area contributed by atoms with Crippen LogP contribution in [0.5, 0.6) is 0 Å². The van der Waals surface area contributed by atoms with Crippen molar-refractivity contribution < 1.29 is 9.53 Å². The minimum atomic E-state index is -0.671. The minimum Gasteiger partial charge on any atom is -0.462 e. The molecule has 0 aliphatic rings. The van der Waals surface area contributed by atoms with E-state index in [0.717, 1.165) is 4.47 Å². The molecule has 7 heteroatoms. The molecule has 6 nitrogen and oxygen atoms in total. The van der Waals surface area contributed by atoms with Crippen LogP contribution < -0.4 is 0 Å². The number of azide groups is 1. The molecule has 0 aliphatic carbocycles. The molecule has 0 N–H and O–H groups in total. The lowest BCUT2D eigenvalue weighted by molar-refractivity contribution is -0.138. The van der Waals surface area contributed by atoms with E-state index in [9.17, 15) is 4.79 Å². The van der Waals surface area contributed by atoms with Crippen LogP contribution in [0.4, 0.5) is 0 Å². The van der Waals surface area contributed by atoms with Crippen LogP contribution >= 0.6 is 15.9 Å².